The van der Waals surface area contributed by atoms with E-state index in [9.17, 15) is 18.0 Å². The fourth-order valence-electron chi connectivity index (χ4n) is 3.80. The maximum atomic E-state index is 13.7. The summed E-state index contributed by atoms with van der Waals surface area (Å²) in [4.78, 5) is 28.3. The Labute approximate surface area is 209 Å². The molecule has 0 aliphatic heterocycles. The van der Waals surface area contributed by atoms with E-state index < -0.39 is 28.5 Å². The van der Waals surface area contributed by atoms with Crippen LogP contribution < -0.4 is 14.4 Å². The van der Waals surface area contributed by atoms with Crippen LogP contribution in [0.1, 0.15) is 44.7 Å². The van der Waals surface area contributed by atoms with Gasteiger partial charge >= 0.3 is 0 Å². The van der Waals surface area contributed by atoms with Gasteiger partial charge in [-0.2, -0.15) is 0 Å². The minimum absolute atomic E-state index is 0.0476. The molecule has 0 saturated carbocycles. The molecule has 0 aliphatic carbocycles. The molecule has 2 aromatic rings. The van der Waals surface area contributed by atoms with Crippen LogP contribution in [0.25, 0.3) is 0 Å². The molecule has 0 saturated heterocycles. The molecule has 0 heterocycles. The van der Waals surface area contributed by atoms with Gasteiger partial charge in [0.1, 0.15) is 18.3 Å². The fourth-order valence-corrected chi connectivity index (χ4v) is 4.65. The zero-order valence-electron chi connectivity index (χ0n) is 21.4. The summed E-state index contributed by atoms with van der Waals surface area (Å²) in [5.74, 6) is -0.405. The molecule has 0 unspecified atom stereocenters. The maximum absolute atomic E-state index is 13.7. The number of methoxy groups -OCH3 is 1. The van der Waals surface area contributed by atoms with Crippen LogP contribution in [0.3, 0.4) is 0 Å². The number of ether oxygens (including phenoxy) is 1. The average Bonchev–Trinajstić information content (AvgIpc) is 2.81. The summed E-state index contributed by atoms with van der Waals surface area (Å²) in [5, 5.41) is 2.96. The van der Waals surface area contributed by atoms with Gasteiger partial charge < -0.3 is 15.0 Å². The molecule has 2 rings (SSSR count). The largest absolute Gasteiger partial charge is 0.495 e. The summed E-state index contributed by atoms with van der Waals surface area (Å²) in [6.45, 7) is 7.39. The van der Waals surface area contributed by atoms with E-state index in [-0.39, 0.29) is 24.2 Å². The summed E-state index contributed by atoms with van der Waals surface area (Å²) in [7, 11) is -2.39. The number of para-hydroxylation sites is 2. The number of carbonyl (C=O) groups excluding carboxylic acids is 2. The Morgan fingerprint density at radius 1 is 1.06 bits per heavy atom. The van der Waals surface area contributed by atoms with Gasteiger partial charge in [0.15, 0.2) is 0 Å². The Kier molecular flexibility index (Phi) is 10.1. The van der Waals surface area contributed by atoms with Gasteiger partial charge in [0.2, 0.25) is 21.8 Å². The SMILES string of the molecule is CC[C@@H](C)NC(=O)[C@@H](CC)N(Cc1cccc(C)c1)C(=O)CN(c1ccccc1OC)S(C)(=O)=O. The molecule has 0 aromatic heterocycles. The number of amides is 2. The number of hydrogen-bond acceptors (Lipinski definition) is 5. The zero-order valence-corrected chi connectivity index (χ0v) is 22.3. The Morgan fingerprint density at radius 3 is 2.31 bits per heavy atom. The van der Waals surface area contributed by atoms with Crippen LogP contribution >= 0.6 is 0 Å². The van der Waals surface area contributed by atoms with Crippen LogP contribution in [0.4, 0.5) is 5.69 Å². The number of benzene rings is 2. The first-order valence-electron chi connectivity index (χ1n) is 11.8. The molecule has 35 heavy (non-hydrogen) atoms. The van der Waals surface area contributed by atoms with Crippen molar-refractivity contribution in [2.24, 2.45) is 0 Å². The third-order valence-corrected chi connectivity index (χ3v) is 6.98. The highest BCUT2D eigenvalue weighted by Crippen LogP contribution is 2.29. The number of nitrogens with one attached hydrogen (secondary N) is 1. The van der Waals surface area contributed by atoms with Gasteiger partial charge in [0, 0.05) is 12.6 Å². The standard InChI is InChI=1S/C26H37N3O5S/c1-7-20(4)27-26(31)22(8-2)28(17-21-13-11-12-19(3)16-21)25(30)18-29(35(6,32)33)23-14-9-10-15-24(23)34-5/h9-16,20,22H,7-8,17-18H2,1-6H3,(H,27,31)/t20-,22-/m1/s1. The van der Waals surface area contributed by atoms with Crippen LogP contribution in [-0.2, 0) is 26.2 Å². The maximum Gasteiger partial charge on any atom is 0.244 e. The van der Waals surface area contributed by atoms with E-state index in [0.29, 0.717) is 12.2 Å². The minimum atomic E-state index is -3.83. The molecule has 2 aromatic carbocycles. The van der Waals surface area contributed by atoms with Crippen molar-refractivity contribution >= 4 is 27.5 Å². The Morgan fingerprint density at radius 2 is 1.74 bits per heavy atom. The quantitative estimate of drug-likeness (QED) is 0.478. The highest BCUT2D eigenvalue weighted by molar-refractivity contribution is 7.92. The summed E-state index contributed by atoms with van der Waals surface area (Å²) in [5.41, 5.74) is 2.15. The summed E-state index contributed by atoms with van der Waals surface area (Å²) < 4.78 is 31.8. The fraction of sp³-hybridized carbons (Fsp3) is 0.462. The molecule has 1 N–H and O–H groups in total. The molecular weight excluding hydrogens is 466 g/mol. The van der Waals surface area contributed by atoms with E-state index >= 15 is 0 Å². The van der Waals surface area contributed by atoms with E-state index in [2.05, 4.69) is 5.32 Å². The van der Waals surface area contributed by atoms with Crippen molar-refractivity contribution < 1.29 is 22.7 Å². The van der Waals surface area contributed by atoms with Crippen LogP contribution in [0, 0.1) is 6.92 Å². The van der Waals surface area contributed by atoms with E-state index in [0.717, 1.165) is 28.1 Å². The first-order chi connectivity index (χ1) is 16.5. The lowest BCUT2D eigenvalue weighted by Gasteiger charge is -2.33. The van der Waals surface area contributed by atoms with Gasteiger partial charge in [-0.05, 0) is 44.4 Å². The highest BCUT2D eigenvalue weighted by Gasteiger charge is 2.32. The summed E-state index contributed by atoms with van der Waals surface area (Å²) in [6.07, 6.45) is 2.18. The molecule has 9 heteroatoms. The third-order valence-electron chi connectivity index (χ3n) is 5.86. The predicted octanol–water partition coefficient (Wildman–Crippen LogP) is 3.49. The Balaban J connectivity index is 2.48. The lowest BCUT2D eigenvalue weighted by molar-refractivity contribution is -0.140. The van der Waals surface area contributed by atoms with Crippen LogP contribution in [-0.4, -0.2) is 57.1 Å². The Bertz CT molecular complexity index is 1120. The monoisotopic (exact) mass is 503 g/mol. The molecule has 0 radical (unpaired) electrons. The first-order valence-corrected chi connectivity index (χ1v) is 13.6. The molecule has 192 valence electrons. The topological polar surface area (TPSA) is 96.0 Å². The molecule has 0 spiro atoms. The third kappa shape index (κ3) is 7.71. The normalized spacial score (nSPS) is 13.0. The second kappa shape index (κ2) is 12.6. The molecule has 2 amide bonds. The van der Waals surface area contributed by atoms with Gasteiger partial charge in [-0.25, -0.2) is 8.42 Å². The molecule has 2 atom stereocenters. The number of aryl methyl sites for hydroxylation is 1. The molecule has 0 bridgehead atoms. The van der Waals surface area contributed by atoms with Crippen molar-refractivity contribution in [2.45, 2.75) is 59.2 Å². The number of hydrogen-bond donors (Lipinski definition) is 1. The van der Waals surface area contributed by atoms with Crippen molar-refractivity contribution in [3.8, 4) is 5.75 Å². The van der Waals surface area contributed by atoms with Crippen molar-refractivity contribution in [1.82, 2.24) is 10.2 Å². The van der Waals surface area contributed by atoms with Crippen LogP contribution in [0.2, 0.25) is 0 Å². The smallest absolute Gasteiger partial charge is 0.244 e. The first kappa shape index (κ1) is 28.2. The zero-order chi connectivity index (χ0) is 26.2. The molecule has 0 fully saturated rings. The van der Waals surface area contributed by atoms with Gasteiger partial charge in [0.25, 0.3) is 0 Å². The van der Waals surface area contributed by atoms with Gasteiger partial charge in [-0.1, -0.05) is 55.8 Å². The van der Waals surface area contributed by atoms with Crippen LogP contribution in [0.15, 0.2) is 48.5 Å². The van der Waals surface area contributed by atoms with E-state index in [4.69, 9.17) is 4.74 Å². The lowest BCUT2D eigenvalue weighted by Crippen LogP contribution is -2.53. The minimum Gasteiger partial charge on any atom is -0.495 e. The average molecular weight is 504 g/mol. The predicted molar refractivity (Wildman–Crippen MR) is 139 cm³/mol. The highest BCUT2D eigenvalue weighted by atomic mass is 32.2. The second-order valence-corrected chi connectivity index (χ2v) is 10.6. The molecular formula is C26H37N3O5S. The van der Waals surface area contributed by atoms with E-state index in [1.165, 1.54) is 12.0 Å². The van der Waals surface area contributed by atoms with Gasteiger partial charge in [-0.15, -0.1) is 0 Å². The number of rotatable bonds is 12. The van der Waals surface area contributed by atoms with Gasteiger partial charge in [0.05, 0.1) is 19.1 Å². The van der Waals surface area contributed by atoms with E-state index in [1.807, 2.05) is 52.0 Å². The van der Waals surface area contributed by atoms with Crippen molar-refractivity contribution in [3.05, 3.63) is 59.7 Å². The summed E-state index contributed by atoms with van der Waals surface area (Å²) >= 11 is 0. The Hall–Kier alpha value is -3.07. The number of nitrogens with zero attached hydrogens (tertiary/aromatic N) is 2. The molecule has 8 nitrogen and oxygen atoms in total. The number of anilines is 1. The van der Waals surface area contributed by atoms with Crippen molar-refractivity contribution in [1.29, 1.82) is 0 Å². The van der Waals surface area contributed by atoms with Crippen molar-refractivity contribution in [3.63, 3.8) is 0 Å². The number of carbonyl (C=O) groups is 2. The van der Waals surface area contributed by atoms with Gasteiger partial charge in [-0.3, -0.25) is 13.9 Å². The van der Waals surface area contributed by atoms with Crippen LogP contribution in [0.5, 0.6) is 5.75 Å². The van der Waals surface area contributed by atoms with E-state index in [1.54, 1.807) is 24.3 Å². The summed E-state index contributed by atoms with van der Waals surface area (Å²) in [6, 6.07) is 13.5. The molecule has 0 aliphatic rings. The van der Waals surface area contributed by atoms with Crippen molar-refractivity contribution in [2.75, 3.05) is 24.2 Å². The second-order valence-electron chi connectivity index (χ2n) is 8.69. The number of sulfonamides is 1. The lowest BCUT2D eigenvalue weighted by atomic mass is 10.1.